The van der Waals surface area contributed by atoms with Crippen molar-refractivity contribution in [3.05, 3.63) is 29.3 Å². The van der Waals surface area contributed by atoms with Gasteiger partial charge in [-0.3, -0.25) is 9.59 Å². The maximum absolute atomic E-state index is 12.3. The van der Waals surface area contributed by atoms with Crippen LogP contribution < -0.4 is 11.1 Å². The molecule has 1 aliphatic rings. The van der Waals surface area contributed by atoms with Crippen molar-refractivity contribution in [2.24, 2.45) is 0 Å². The third-order valence-electron chi connectivity index (χ3n) is 3.88. The number of carbonyl (C=O) groups is 2. The highest BCUT2D eigenvalue weighted by Crippen LogP contribution is 2.13. The number of anilines is 1. The first kappa shape index (κ1) is 15.4. The molecule has 0 aromatic heterocycles. The Hall–Kier alpha value is -2.04. The Labute approximate surface area is 125 Å². The lowest BCUT2D eigenvalue weighted by atomic mass is 10.1. The van der Waals surface area contributed by atoms with Gasteiger partial charge in [-0.05, 0) is 56.9 Å². The van der Waals surface area contributed by atoms with E-state index in [1.165, 1.54) is 6.42 Å². The van der Waals surface area contributed by atoms with Crippen LogP contribution in [0.25, 0.3) is 0 Å². The molecule has 0 saturated carbocycles. The Balaban J connectivity index is 1.99. The molecule has 1 aliphatic heterocycles. The lowest BCUT2D eigenvalue weighted by Gasteiger charge is -2.29. The lowest BCUT2D eigenvalue weighted by Crippen LogP contribution is -2.48. The number of aryl methyl sites for hydroxylation is 1. The predicted molar refractivity (Wildman–Crippen MR) is 83.0 cm³/mol. The SMILES string of the molecule is Cc1cc(N)ccc1C(=O)NC(C)C(=O)N1CCCCC1. The first-order valence-electron chi connectivity index (χ1n) is 7.45. The van der Waals surface area contributed by atoms with Crippen molar-refractivity contribution in [1.29, 1.82) is 0 Å². The van der Waals surface area contributed by atoms with E-state index >= 15 is 0 Å². The molecule has 1 heterocycles. The number of amides is 2. The van der Waals surface area contributed by atoms with Crippen LogP contribution in [-0.2, 0) is 4.79 Å². The third kappa shape index (κ3) is 3.74. The minimum Gasteiger partial charge on any atom is -0.399 e. The molecular weight excluding hydrogens is 266 g/mol. The van der Waals surface area contributed by atoms with Gasteiger partial charge in [0.25, 0.3) is 5.91 Å². The van der Waals surface area contributed by atoms with Gasteiger partial charge in [0.2, 0.25) is 5.91 Å². The van der Waals surface area contributed by atoms with Gasteiger partial charge in [-0.25, -0.2) is 0 Å². The molecule has 0 spiro atoms. The molecule has 3 N–H and O–H groups in total. The van der Waals surface area contributed by atoms with Crippen LogP contribution in [0.2, 0.25) is 0 Å². The highest BCUT2D eigenvalue weighted by Gasteiger charge is 2.24. The van der Waals surface area contributed by atoms with Crippen LogP contribution in [0.3, 0.4) is 0 Å². The molecule has 1 fully saturated rings. The van der Waals surface area contributed by atoms with Crippen LogP contribution in [0.15, 0.2) is 18.2 Å². The van der Waals surface area contributed by atoms with E-state index in [9.17, 15) is 9.59 Å². The first-order chi connectivity index (χ1) is 9.99. The Kier molecular flexibility index (Phi) is 4.83. The minimum absolute atomic E-state index is 0.00357. The van der Waals surface area contributed by atoms with Crippen LogP contribution in [0.1, 0.15) is 42.1 Å². The van der Waals surface area contributed by atoms with Crippen molar-refractivity contribution in [3.63, 3.8) is 0 Å². The average molecular weight is 289 g/mol. The van der Waals surface area contributed by atoms with E-state index in [4.69, 9.17) is 5.73 Å². The Morgan fingerprint density at radius 2 is 1.90 bits per heavy atom. The quantitative estimate of drug-likeness (QED) is 0.832. The largest absolute Gasteiger partial charge is 0.399 e. The van der Waals surface area contributed by atoms with Gasteiger partial charge in [0.15, 0.2) is 0 Å². The van der Waals surface area contributed by atoms with Crippen molar-refractivity contribution < 1.29 is 9.59 Å². The third-order valence-corrected chi connectivity index (χ3v) is 3.88. The highest BCUT2D eigenvalue weighted by atomic mass is 16.2. The van der Waals surface area contributed by atoms with E-state index in [2.05, 4.69) is 5.32 Å². The van der Waals surface area contributed by atoms with E-state index in [1.54, 1.807) is 25.1 Å². The molecule has 114 valence electrons. The molecule has 1 aromatic rings. The minimum atomic E-state index is -0.507. The molecule has 0 bridgehead atoms. The normalized spacial score (nSPS) is 16.4. The molecule has 21 heavy (non-hydrogen) atoms. The highest BCUT2D eigenvalue weighted by molar-refractivity contribution is 5.98. The smallest absolute Gasteiger partial charge is 0.252 e. The van der Waals surface area contributed by atoms with Gasteiger partial charge in [-0.2, -0.15) is 0 Å². The van der Waals surface area contributed by atoms with Gasteiger partial charge >= 0.3 is 0 Å². The summed E-state index contributed by atoms with van der Waals surface area (Å²) in [4.78, 5) is 26.4. The zero-order valence-corrected chi connectivity index (χ0v) is 12.7. The van der Waals surface area contributed by atoms with E-state index in [0.29, 0.717) is 11.3 Å². The summed E-state index contributed by atoms with van der Waals surface area (Å²) in [5.41, 5.74) is 7.68. The second kappa shape index (κ2) is 6.61. The summed E-state index contributed by atoms with van der Waals surface area (Å²) in [5.74, 6) is -0.235. The van der Waals surface area contributed by atoms with Gasteiger partial charge in [0, 0.05) is 24.3 Å². The predicted octanol–water partition coefficient (Wildman–Crippen LogP) is 1.71. The summed E-state index contributed by atoms with van der Waals surface area (Å²) in [6.45, 7) is 5.16. The van der Waals surface area contributed by atoms with Gasteiger partial charge < -0.3 is 16.0 Å². The zero-order chi connectivity index (χ0) is 15.4. The molecule has 1 saturated heterocycles. The molecule has 1 atom stereocenters. The van der Waals surface area contributed by atoms with Crippen LogP contribution >= 0.6 is 0 Å². The van der Waals surface area contributed by atoms with E-state index in [1.807, 2.05) is 11.8 Å². The van der Waals surface area contributed by atoms with Crippen LogP contribution in [0.5, 0.6) is 0 Å². The molecule has 1 aromatic carbocycles. The number of nitrogens with zero attached hydrogens (tertiary/aromatic N) is 1. The number of nitrogens with two attached hydrogens (primary N) is 1. The van der Waals surface area contributed by atoms with Gasteiger partial charge in [-0.1, -0.05) is 0 Å². The Morgan fingerprint density at radius 3 is 2.52 bits per heavy atom. The number of rotatable bonds is 3. The van der Waals surface area contributed by atoms with E-state index in [0.717, 1.165) is 31.5 Å². The van der Waals surface area contributed by atoms with Crippen molar-refractivity contribution in [3.8, 4) is 0 Å². The van der Waals surface area contributed by atoms with Crippen molar-refractivity contribution in [1.82, 2.24) is 10.2 Å². The summed E-state index contributed by atoms with van der Waals surface area (Å²) >= 11 is 0. The number of likely N-dealkylation sites (tertiary alicyclic amines) is 1. The first-order valence-corrected chi connectivity index (χ1v) is 7.45. The summed E-state index contributed by atoms with van der Waals surface area (Å²) in [6.07, 6.45) is 3.27. The monoisotopic (exact) mass is 289 g/mol. The maximum Gasteiger partial charge on any atom is 0.252 e. The zero-order valence-electron chi connectivity index (χ0n) is 12.7. The van der Waals surface area contributed by atoms with Crippen molar-refractivity contribution in [2.75, 3.05) is 18.8 Å². The van der Waals surface area contributed by atoms with E-state index in [-0.39, 0.29) is 11.8 Å². The summed E-state index contributed by atoms with van der Waals surface area (Å²) < 4.78 is 0. The van der Waals surface area contributed by atoms with Gasteiger partial charge in [0.1, 0.15) is 6.04 Å². The number of piperidine rings is 1. The molecular formula is C16H23N3O2. The standard InChI is InChI=1S/C16H23N3O2/c1-11-10-13(17)6-7-14(11)15(20)18-12(2)16(21)19-8-4-3-5-9-19/h6-7,10,12H,3-5,8-9,17H2,1-2H3,(H,18,20). The van der Waals surface area contributed by atoms with Crippen molar-refractivity contribution in [2.45, 2.75) is 39.2 Å². The van der Waals surface area contributed by atoms with Gasteiger partial charge in [-0.15, -0.1) is 0 Å². The number of benzene rings is 1. The number of nitrogen functional groups attached to an aromatic ring is 1. The second-order valence-electron chi connectivity index (χ2n) is 5.66. The maximum atomic E-state index is 12.3. The summed E-state index contributed by atoms with van der Waals surface area (Å²) in [5, 5.41) is 2.78. The molecule has 5 nitrogen and oxygen atoms in total. The fourth-order valence-electron chi connectivity index (χ4n) is 2.67. The molecule has 0 radical (unpaired) electrons. The van der Waals surface area contributed by atoms with Gasteiger partial charge in [0.05, 0.1) is 0 Å². The number of hydrogen-bond acceptors (Lipinski definition) is 3. The summed E-state index contributed by atoms with van der Waals surface area (Å²) in [7, 11) is 0. The van der Waals surface area contributed by atoms with Crippen LogP contribution in [0, 0.1) is 6.92 Å². The fourth-order valence-corrected chi connectivity index (χ4v) is 2.67. The molecule has 5 heteroatoms. The molecule has 2 amide bonds. The molecule has 0 aliphatic carbocycles. The fraction of sp³-hybridized carbons (Fsp3) is 0.500. The Morgan fingerprint density at radius 1 is 1.24 bits per heavy atom. The number of nitrogens with one attached hydrogen (secondary N) is 1. The molecule has 2 rings (SSSR count). The molecule has 1 unspecified atom stereocenters. The van der Waals surface area contributed by atoms with Crippen LogP contribution in [-0.4, -0.2) is 35.8 Å². The van der Waals surface area contributed by atoms with E-state index < -0.39 is 6.04 Å². The Bertz CT molecular complexity index is 536. The van der Waals surface area contributed by atoms with Crippen LogP contribution in [0.4, 0.5) is 5.69 Å². The van der Waals surface area contributed by atoms with Crippen molar-refractivity contribution >= 4 is 17.5 Å². The number of hydrogen-bond donors (Lipinski definition) is 2. The average Bonchev–Trinajstić information content (AvgIpc) is 2.47. The number of carbonyl (C=O) groups excluding carboxylic acids is 2. The summed E-state index contributed by atoms with van der Waals surface area (Å²) in [6, 6.07) is 4.64. The lowest BCUT2D eigenvalue weighted by molar-refractivity contribution is -0.133. The topological polar surface area (TPSA) is 75.4 Å². The second-order valence-corrected chi connectivity index (χ2v) is 5.66.